The highest BCUT2D eigenvalue weighted by molar-refractivity contribution is 4.59. The summed E-state index contributed by atoms with van der Waals surface area (Å²) >= 11 is 0. The summed E-state index contributed by atoms with van der Waals surface area (Å²) in [4.78, 5) is 1.19. The van der Waals surface area contributed by atoms with Crippen LogP contribution in [0.15, 0.2) is 0 Å². The van der Waals surface area contributed by atoms with Gasteiger partial charge in [0, 0.05) is 19.7 Å². The molecule has 0 spiro atoms. The number of hydrogen-bond acceptors (Lipinski definition) is 5. The van der Waals surface area contributed by atoms with Gasteiger partial charge in [-0.3, -0.25) is 0 Å². The highest BCUT2D eigenvalue weighted by Crippen LogP contribution is 2.08. The van der Waals surface area contributed by atoms with Crippen molar-refractivity contribution in [2.45, 2.75) is 38.7 Å². The van der Waals surface area contributed by atoms with E-state index in [0.29, 0.717) is 25.9 Å². The molecule has 0 saturated heterocycles. The summed E-state index contributed by atoms with van der Waals surface area (Å²) in [6.45, 7) is 2.87. The quantitative estimate of drug-likeness (QED) is 0.317. The van der Waals surface area contributed by atoms with Gasteiger partial charge >= 0.3 is 6.10 Å². The Morgan fingerprint density at radius 3 is 2.00 bits per heavy atom. The Morgan fingerprint density at radius 1 is 1.00 bits per heavy atom. The molecule has 0 rings (SSSR count). The van der Waals surface area contributed by atoms with Crippen LogP contribution in [0.2, 0.25) is 0 Å². The zero-order valence-corrected chi connectivity index (χ0v) is 8.69. The lowest BCUT2D eigenvalue weighted by Gasteiger charge is -2.29. The van der Waals surface area contributed by atoms with Crippen molar-refractivity contribution in [3.05, 3.63) is 0 Å². The average molecular weight is 207 g/mol. The first-order valence-electron chi connectivity index (χ1n) is 5.05. The third-order valence-electron chi connectivity index (χ3n) is 2.04. The molecule has 0 saturated carbocycles. The minimum atomic E-state index is -2.73. The van der Waals surface area contributed by atoms with Gasteiger partial charge in [-0.2, -0.15) is 0 Å². The maximum atomic E-state index is 8.98. The summed E-state index contributed by atoms with van der Waals surface area (Å²) in [5.41, 5.74) is 0. The van der Waals surface area contributed by atoms with E-state index in [2.05, 4.69) is 0 Å². The fraction of sp³-hybridized carbons (Fsp3) is 1.00. The Balaban J connectivity index is 3.85. The summed E-state index contributed by atoms with van der Waals surface area (Å²) in [5.74, 6) is 0. The molecule has 0 aliphatic carbocycles. The molecule has 86 valence electrons. The summed E-state index contributed by atoms with van der Waals surface area (Å²) in [5, 5.41) is 35.5. The van der Waals surface area contributed by atoms with Gasteiger partial charge in [-0.25, -0.2) is 4.90 Å². The number of unbranched alkanes of at least 4 members (excludes halogenated alkanes) is 2. The number of aliphatic hydroxyl groups excluding tert-OH is 1. The normalized spacial score (nSPS) is 12.4. The standard InChI is InChI=1S/C9H21NO4/c1-2-3-6-10(9(12,13)14)7-4-5-8-11/h11-14H,2-8H2,1H3. The van der Waals surface area contributed by atoms with Gasteiger partial charge in [-0.05, 0) is 19.3 Å². The van der Waals surface area contributed by atoms with E-state index in [4.69, 9.17) is 20.4 Å². The molecular weight excluding hydrogens is 186 g/mol. The van der Waals surface area contributed by atoms with E-state index in [9.17, 15) is 0 Å². The van der Waals surface area contributed by atoms with Crippen LogP contribution in [0.25, 0.3) is 0 Å². The number of rotatable bonds is 8. The molecule has 0 aromatic heterocycles. The van der Waals surface area contributed by atoms with Crippen LogP contribution in [0.3, 0.4) is 0 Å². The number of aliphatic hydroxyl groups is 4. The van der Waals surface area contributed by atoms with Crippen molar-refractivity contribution in [2.24, 2.45) is 0 Å². The highest BCUT2D eigenvalue weighted by atomic mass is 16.7. The van der Waals surface area contributed by atoms with Crippen LogP contribution in [0.5, 0.6) is 0 Å². The van der Waals surface area contributed by atoms with Gasteiger partial charge in [0.15, 0.2) is 0 Å². The first-order chi connectivity index (χ1) is 6.52. The molecule has 0 aromatic carbocycles. The van der Waals surface area contributed by atoms with Crippen molar-refractivity contribution in [1.82, 2.24) is 4.90 Å². The lowest BCUT2D eigenvalue weighted by molar-refractivity contribution is -0.393. The van der Waals surface area contributed by atoms with Crippen molar-refractivity contribution >= 4 is 0 Å². The first kappa shape index (κ1) is 13.8. The lowest BCUT2D eigenvalue weighted by Crippen LogP contribution is -2.49. The molecule has 0 unspecified atom stereocenters. The molecule has 0 aromatic rings. The van der Waals surface area contributed by atoms with Gasteiger partial charge in [-0.1, -0.05) is 13.3 Å². The summed E-state index contributed by atoms with van der Waals surface area (Å²) in [7, 11) is 0. The van der Waals surface area contributed by atoms with E-state index >= 15 is 0 Å². The Bertz CT molecular complexity index is 135. The zero-order chi connectivity index (χ0) is 11.0. The maximum Gasteiger partial charge on any atom is 0.345 e. The van der Waals surface area contributed by atoms with E-state index in [-0.39, 0.29) is 6.61 Å². The molecule has 0 aliphatic heterocycles. The van der Waals surface area contributed by atoms with Gasteiger partial charge < -0.3 is 20.4 Å². The Labute approximate surface area is 84.6 Å². The highest BCUT2D eigenvalue weighted by Gasteiger charge is 2.27. The Kier molecular flexibility index (Phi) is 7.04. The molecule has 4 N–H and O–H groups in total. The lowest BCUT2D eigenvalue weighted by atomic mass is 10.2. The van der Waals surface area contributed by atoms with E-state index in [1.807, 2.05) is 6.92 Å². The van der Waals surface area contributed by atoms with Crippen molar-refractivity contribution in [1.29, 1.82) is 0 Å². The number of nitrogens with zero attached hydrogens (tertiary/aromatic N) is 1. The van der Waals surface area contributed by atoms with E-state index in [1.165, 1.54) is 4.90 Å². The summed E-state index contributed by atoms with van der Waals surface area (Å²) in [6, 6.07) is 0. The summed E-state index contributed by atoms with van der Waals surface area (Å²) in [6.07, 6.45) is 0.210. The largest absolute Gasteiger partial charge is 0.396 e. The molecule has 0 aliphatic rings. The minimum absolute atomic E-state index is 0.0803. The molecule has 0 bridgehead atoms. The smallest absolute Gasteiger partial charge is 0.345 e. The zero-order valence-electron chi connectivity index (χ0n) is 8.69. The van der Waals surface area contributed by atoms with Crippen LogP contribution in [-0.4, -0.2) is 51.1 Å². The maximum absolute atomic E-state index is 8.98. The predicted octanol–water partition coefficient (Wildman–Crippen LogP) is -0.551. The Hall–Kier alpha value is -0.200. The second-order valence-corrected chi connectivity index (χ2v) is 3.37. The monoisotopic (exact) mass is 207 g/mol. The third-order valence-corrected chi connectivity index (χ3v) is 2.04. The topological polar surface area (TPSA) is 84.2 Å². The molecule has 5 nitrogen and oxygen atoms in total. The third kappa shape index (κ3) is 6.28. The second kappa shape index (κ2) is 7.14. The molecule has 0 amide bonds. The van der Waals surface area contributed by atoms with Gasteiger partial charge in [0.05, 0.1) is 0 Å². The summed E-state index contributed by atoms with van der Waals surface area (Å²) < 4.78 is 0. The SMILES string of the molecule is CCCCN(CCCCO)C(O)(O)O. The molecule has 0 radical (unpaired) electrons. The van der Waals surface area contributed by atoms with Crippen LogP contribution >= 0.6 is 0 Å². The van der Waals surface area contributed by atoms with Crippen molar-refractivity contribution in [3.8, 4) is 0 Å². The molecule has 14 heavy (non-hydrogen) atoms. The number of hydrogen-bond donors (Lipinski definition) is 4. The van der Waals surface area contributed by atoms with E-state index in [0.717, 1.165) is 12.8 Å². The fourth-order valence-corrected chi connectivity index (χ4v) is 1.18. The minimum Gasteiger partial charge on any atom is -0.396 e. The predicted molar refractivity (Wildman–Crippen MR) is 52.2 cm³/mol. The molecule has 5 heteroatoms. The van der Waals surface area contributed by atoms with Crippen LogP contribution in [-0.2, 0) is 0 Å². The van der Waals surface area contributed by atoms with Crippen LogP contribution in [0.4, 0.5) is 0 Å². The van der Waals surface area contributed by atoms with E-state index < -0.39 is 6.10 Å². The van der Waals surface area contributed by atoms with Crippen LogP contribution in [0, 0.1) is 0 Å². The Morgan fingerprint density at radius 2 is 1.57 bits per heavy atom. The fourth-order valence-electron chi connectivity index (χ4n) is 1.18. The van der Waals surface area contributed by atoms with Crippen molar-refractivity contribution < 1.29 is 20.4 Å². The molecule has 0 heterocycles. The van der Waals surface area contributed by atoms with Gasteiger partial charge in [0.25, 0.3) is 0 Å². The van der Waals surface area contributed by atoms with Crippen LogP contribution in [0.1, 0.15) is 32.6 Å². The average Bonchev–Trinajstić information content (AvgIpc) is 2.09. The van der Waals surface area contributed by atoms with Crippen molar-refractivity contribution in [2.75, 3.05) is 19.7 Å². The molecule has 0 atom stereocenters. The van der Waals surface area contributed by atoms with E-state index in [1.54, 1.807) is 0 Å². The second-order valence-electron chi connectivity index (χ2n) is 3.37. The van der Waals surface area contributed by atoms with Crippen LogP contribution < -0.4 is 0 Å². The molecular formula is C9H21NO4. The van der Waals surface area contributed by atoms with Crippen molar-refractivity contribution in [3.63, 3.8) is 0 Å². The van der Waals surface area contributed by atoms with Gasteiger partial charge in [0.1, 0.15) is 0 Å². The molecule has 0 fully saturated rings. The van der Waals surface area contributed by atoms with Gasteiger partial charge in [-0.15, -0.1) is 0 Å². The first-order valence-corrected chi connectivity index (χ1v) is 5.05. The van der Waals surface area contributed by atoms with Gasteiger partial charge in [0.2, 0.25) is 0 Å².